The number of nitrogens with zero attached hydrogens (tertiary/aromatic N) is 2. The van der Waals surface area contributed by atoms with E-state index in [-0.39, 0.29) is 22.1 Å². The molecule has 0 atom stereocenters. The lowest BCUT2D eigenvalue weighted by molar-refractivity contribution is 0.101. The maximum Gasteiger partial charge on any atom is 0.183 e. The smallest absolute Gasteiger partial charge is 0.183 e. The van der Waals surface area contributed by atoms with E-state index in [0.29, 0.717) is 16.8 Å². The van der Waals surface area contributed by atoms with E-state index < -0.39 is 9.84 Å². The van der Waals surface area contributed by atoms with Gasteiger partial charge in [0, 0.05) is 18.1 Å². The Balaban J connectivity index is 3.02. The minimum absolute atomic E-state index is 0.0945. The maximum atomic E-state index is 12.6. The maximum absolute atomic E-state index is 12.6. The van der Waals surface area contributed by atoms with Crippen molar-refractivity contribution in [3.05, 3.63) is 77.5 Å². The van der Waals surface area contributed by atoms with Gasteiger partial charge in [-0.1, -0.05) is 49.6 Å². The fourth-order valence-electron chi connectivity index (χ4n) is 2.92. The molecular formula is C20H22N2O3S. The summed E-state index contributed by atoms with van der Waals surface area (Å²) in [6, 6.07) is 0. The quantitative estimate of drug-likeness (QED) is 0.559. The number of aromatic nitrogens is 2. The molecule has 6 heteroatoms. The molecule has 2 heterocycles. The molecule has 0 radical (unpaired) electrons. The lowest BCUT2D eigenvalue weighted by Crippen LogP contribution is -2.17. The van der Waals surface area contributed by atoms with Gasteiger partial charge in [-0.2, -0.15) is 5.10 Å². The van der Waals surface area contributed by atoms with Gasteiger partial charge in [-0.15, -0.1) is 0 Å². The zero-order valence-corrected chi connectivity index (χ0v) is 16.1. The van der Waals surface area contributed by atoms with E-state index in [9.17, 15) is 13.2 Å². The van der Waals surface area contributed by atoms with Crippen LogP contribution in [0.1, 0.15) is 42.5 Å². The Labute approximate surface area is 154 Å². The van der Waals surface area contributed by atoms with Crippen molar-refractivity contribution < 1.29 is 13.2 Å². The number of rotatable bonds is 6. The van der Waals surface area contributed by atoms with Crippen molar-refractivity contribution >= 4 is 26.9 Å². The van der Waals surface area contributed by atoms with E-state index in [2.05, 4.69) is 24.8 Å². The first kappa shape index (κ1) is 19.6. The normalized spacial score (nSPS) is 15.5. The van der Waals surface area contributed by atoms with Gasteiger partial charge in [0.1, 0.15) is 5.69 Å². The lowest BCUT2D eigenvalue weighted by Gasteiger charge is -2.20. The Bertz CT molecular complexity index is 1010. The van der Waals surface area contributed by atoms with E-state index in [1.54, 1.807) is 16.8 Å². The molecular weight excluding hydrogens is 348 g/mol. The average Bonchev–Trinajstić information content (AvgIpc) is 2.91. The number of fused-ring (bicyclic) bond motifs is 1. The molecule has 1 aromatic heterocycles. The van der Waals surface area contributed by atoms with Crippen LogP contribution in [0, 0.1) is 0 Å². The van der Waals surface area contributed by atoms with Crippen molar-refractivity contribution in [2.45, 2.75) is 26.5 Å². The van der Waals surface area contributed by atoms with Gasteiger partial charge < -0.3 is 0 Å². The molecule has 0 aliphatic carbocycles. The molecule has 0 amide bonds. The predicted molar refractivity (Wildman–Crippen MR) is 106 cm³/mol. The van der Waals surface area contributed by atoms with Crippen LogP contribution in [-0.2, 0) is 15.6 Å². The molecule has 0 aromatic carbocycles. The molecule has 0 unspecified atom stereocenters. The molecule has 1 aromatic rings. The van der Waals surface area contributed by atoms with Crippen LogP contribution in [0.15, 0.2) is 60.6 Å². The zero-order chi connectivity index (χ0) is 19.6. The van der Waals surface area contributed by atoms with Gasteiger partial charge in [0.15, 0.2) is 15.6 Å². The monoisotopic (exact) mass is 370 g/mol. The third-order valence-corrected chi connectivity index (χ3v) is 5.75. The van der Waals surface area contributed by atoms with Gasteiger partial charge in [0.05, 0.1) is 22.0 Å². The van der Waals surface area contributed by atoms with Crippen molar-refractivity contribution in [3.63, 3.8) is 0 Å². The minimum atomic E-state index is -3.62. The number of ketones is 1. The molecule has 136 valence electrons. The largest absolute Gasteiger partial charge is 0.293 e. The summed E-state index contributed by atoms with van der Waals surface area (Å²) in [5.74, 6) is -0.585. The lowest BCUT2D eigenvalue weighted by atomic mass is 10.0. The summed E-state index contributed by atoms with van der Waals surface area (Å²) < 4.78 is 26.9. The summed E-state index contributed by atoms with van der Waals surface area (Å²) in [5, 5.41) is 4.44. The summed E-state index contributed by atoms with van der Waals surface area (Å²) in [7, 11) is -3.62. The molecule has 1 aliphatic heterocycles. The van der Waals surface area contributed by atoms with Crippen LogP contribution in [0.2, 0.25) is 0 Å². The van der Waals surface area contributed by atoms with Gasteiger partial charge in [-0.25, -0.2) is 13.1 Å². The number of Topliss-reactive ketones (excluding diaryl/α,β-unsaturated/α-hetero) is 1. The van der Waals surface area contributed by atoms with Crippen molar-refractivity contribution in [1.29, 1.82) is 0 Å². The highest BCUT2D eigenvalue weighted by atomic mass is 32.2. The second-order valence-corrected chi connectivity index (χ2v) is 8.03. The fraction of sp³-hybridized carbons (Fsp3) is 0.200. The molecule has 5 nitrogen and oxygen atoms in total. The number of carbonyl (C=O) groups excluding carboxylic acids is 1. The number of carbonyl (C=O) groups is 1. The Morgan fingerprint density at radius 1 is 1.15 bits per heavy atom. The molecule has 1 aliphatic rings. The number of hydrogen-bond acceptors (Lipinski definition) is 4. The number of sulfone groups is 1. The van der Waals surface area contributed by atoms with E-state index in [0.717, 1.165) is 11.3 Å². The molecule has 0 fully saturated rings. The first-order chi connectivity index (χ1) is 12.2. The topological polar surface area (TPSA) is 69.0 Å². The van der Waals surface area contributed by atoms with E-state index >= 15 is 0 Å². The molecule has 2 rings (SSSR count). The minimum Gasteiger partial charge on any atom is -0.293 e. The van der Waals surface area contributed by atoms with Gasteiger partial charge in [-0.3, -0.25) is 4.79 Å². The third kappa shape index (κ3) is 3.20. The molecule has 0 bridgehead atoms. The van der Waals surface area contributed by atoms with Crippen LogP contribution in [0.3, 0.4) is 0 Å². The summed E-state index contributed by atoms with van der Waals surface area (Å²) in [6.45, 7) is 16.3. The Hall–Kier alpha value is -2.73. The zero-order valence-electron chi connectivity index (χ0n) is 15.2. The third-order valence-electron chi connectivity index (χ3n) is 4.03. The van der Waals surface area contributed by atoms with Crippen molar-refractivity contribution in [2.75, 3.05) is 0 Å². The first-order valence-electron chi connectivity index (χ1n) is 8.01. The highest BCUT2D eigenvalue weighted by molar-refractivity contribution is 7.95. The second-order valence-electron chi connectivity index (χ2n) is 6.07. The van der Waals surface area contributed by atoms with Crippen molar-refractivity contribution in [1.82, 2.24) is 9.78 Å². The van der Waals surface area contributed by atoms with Gasteiger partial charge in [0.2, 0.25) is 0 Å². The summed E-state index contributed by atoms with van der Waals surface area (Å²) in [6.07, 6.45) is 7.98. The highest BCUT2D eigenvalue weighted by Gasteiger charge is 2.35. The predicted octanol–water partition coefficient (Wildman–Crippen LogP) is 4.09. The van der Waals surface area contributed by atoms with E-state index in [1.807, 2.05) is 19.9 Å². The van der Waals surface area contributed by atoms with Crippen LogP contribution in [0.5, 0.6) is 0 Å². The Kier molecular flexibility index (Phi) is 5.47. The molecule has 0 N–H and O–H groups in total. The van der Waals surface area contributed by atoms with Gasteiger partial charge in [-0.05, 0) is 19.9 Å². The van der Waals surface area contributed by atoms with E-state index in [1.165, 1.54) is 19.1 Å². The van der Waals surface area contributed by atoms with Crippen LogP contribution < -0.4 is 0 Å². The van der Waals surface area contributed by atoms with Gasteiger partial charge >= 0.3 is 0 Å². The molecule has 0 spiro atoms. The summed E-state index contributed by atoms with van der Waals surface area (Å²) >= 11 is 0. The van der Waals surface area contributed by atoms with Crippen LogP contribution >= 0.6 is 0 Å². The average molecular weight is 370 g/mol. The molecule has 26 heavy (non-hydrogen) atoms. The van der Waals surface area contributed by atoms with Crippen LogP contribution in [-0.4, -0.2) is 24.0 Å². The SMILES string of the molecule is C=C/C=C\C(=C(C)C)n1nc(C(C)=O)c2c1C(C=C)=C(C=C)S(=O)(=O)C2. The summed E-state index contributed by atoms with van der Waals surface area (Å²) in [4.78, 5) is 12.2. The van der Waals surface area contributed by atoms with Crippen molar-refractivity contribution in [2.24, 2.45) is 0 Å². The Morgan fingerprint density at radius 3 is 2.27 bits per heavy atom. The molecule has 0 saturated carbocycles. The number of hydrogen-bond donors (Lipinski definition) is 0. The highest BCUT2D eigenvalue weighted by Crippen LogP contribution is 2.38. The molecule has 0 saturated heterocycles. The van der Waals surface area contributed by atoms with E-state index in [4.69, 9.17) is 0 Å². The van der Waals surface area contributed by atoms with Crippen LogP contribution in [0.25, 0.3) is 11.3 Å². The number of allylic oxidation sites excluding steroid dienone is 8. The fourth-order valence-corrected chi connectivity index (χ4v) is 4.49. The Morgan fingerprint density at radius 2 is 1.81 bits per heavy atom. The second kappa shape index (κ2) is 7.25. The summed E-state index contributed by atoms with van der Waals surface area (Å²) in [5.41, 5.74) is 3.17. The van der Waals surface area contributed by atoms with Crippen molar-refractivity contribution in [3.8, 4) is 0 Å². The van der Waals surface area contributed by atoms with Crippen LogP contribution in [0.4, 0.5) is 0 Å². The van der Waals surface area contributed by atoms with Gasteiger partial charge in [0.25, 0.3) is 0 Å². The first-order valence-corrected chi connectivity index (χ1v) is 9.66. The standard InChI is InChI=1S/C20H22N2O3S/c1-7-10-11-17(13(4)5)22-20-15(8-2)18(9-3)26(24,25)12-16(20)19(21-22)14(6)23/h7-11H,1-3,12H2,4-6H3/b11-10-.